The lowest BCUT2D eigenvalue weighted by Crippen LogP contribution is -2.30. The van der Waals surface area contributed by atoms with E-state index in [-0.39, 0.29) is 37.5 Å². The Morgan fingerprint density at radius 3 is 0.875 bits per heavy atom. The minimum absolute atomic E-state index is 0.107. The summed E-state index contributed by atoms with van der Waals surface area (Å²) < 4.78 is 16.8. The Morgan fingerprint density at radius 2 is 0.542 bits per heavy atom. The molecule has 0 fully saturated rings. The van der Waals surface area contributed by atoms with Crippen molar-refractivity contribution in [3.63, 3.8) is 0 Å². The number of carbonyl (C=O) groups is 3. The Balaban J connectivity index is 4.42. The van der Waals surface area contributed by atoms with Crippen LogP contribution in [0.3, 0.4) is 0 Å². The quantitative estimate of drug-likeness (QED) is 0.0261. The predicted molar refractivity (Wildman–Crippen MR) is 311 cm³/mol. The van der Waals surface area contributed by atoms with Gasteiger partial charge in [0.15, 0.2) is 6.10 Å². The van der Waals surface area contributed by atoms with Crippen molar-refractivity contribution in [2.75, 3.05) is 13.2 Å². The molecule has 0 spiro atoms. The number of carbonyl (C=O) groups excluding carboxylic acids is 3. The molecule has 0 heterocycles. The molecule has 0 rings (SSSR count). The van der Waals surface area contributed by atoms with Crippen molar-refractivity contribution in [2.45, 2.75) is 239 Å². The van der Waals surface area contributed by atoms with Crippen molar-refractivity contribution in [3.05, 3.63) is 146 Å². The first kappa shape index (κ1) is 67.3. The summed E-state index contributed by atoms with van der Waals surface area (Å²) in [6.45, 7) is 6.29. The van der Waals surface area contributed by atoms with E-state index < -0.39 is 6.10 Å². The van der Waals surface area contributed by atoms with Gasteiger partial charge in [-0.25, -0.2) is 0 Å². The summed E-state index contributed by atoms with van der Waals surface area (Å²) in [5, 5.41) is 0. The maximum Gasteiger partial charge on any atom is 0.306 e. The Kier molecular flexibility index (Phi) is 55.0. The monoisotopic (exact) mass is 993 g/mol. The Bertz CT molecular complexity index is 1610. The van der Waals surface area contributed by atoms with Gasteiger partial charge in [0.25, 0.3) is 0 Å². The molecule has 0 aromatic rings. The number of hydrogen-bond donors (Lipinski definition) is 0. The fraction of sp³-hybridized carbons (Fsp3) is 0.591. The summed E-state index contributed by atoms with van der Waals surface area (Å²) in [6.07, 6.45) is 84.1. The van der Waals surface area contributed by atoms with Crippen LogP contribution in [0, 0.1) is 0 Å². The summed E-state index contributed by atoms with van der Waals surface area (Å²) >= 11 is 0. The summed E-state index contributed by atoms with van der Waals surface area (Å²) in [4.78, 5) is 38.1. The minimum Gasteiger partial charge on any atom is -0.462 e. The summed E-state index contributed by atoms with van der Waals surface area (Å²) in [5.41, 5.74) is 0. The average molecular weight is 994 g/mol. The minimum atomic E-state index is -0.811. The van der Waals surface area contributed by atoms with Gasteiger partial charge in [0, 0.05) is 19.3 Å². The lowest BCUT2D eigenvalue weighted by atomic mass is 10.1. The van der Waals surface area contributed by atoms with Crippen LogP contribution in [0.15, 0.2) is 146 Å². The molecule has 72 heavy (non-hydrogen) atoms. The van der Waals surface area contributed by atoms with Crippen molar-refractivity contribution in [1.29, 1.82) is 0 Å². The lowest BCUT2D eigenvalue weighted by molar-refractivity contribution is -0.167. The van der Waals surface area contributed by atoms with Gasteiger partial charge < -0.3 is 14.2 Å². The first-order chi connectivity index (χ1) is 35.5. The third-order valence-corrected chi connectivity index (χ3v) is 11.5. The second-order valence-electron chi connectivity index (χ2n) is 18.4. The highest BCUT2D eigenvalue weighted by molar-refractivity contribution is 5.71. The van der Waals surface area contributed by atoms with E-state index in [0.717, 1.165) is 161 Å². The van der Waals surface area contributed by atoms with E-state index in [1.54, 1.807) is 0 Å². The summed E-state index contributed by atoms with van der Waals surface area (Å²) in [5.74, 6) is -0.972. The van der Waals surface area contributed by atoms with E-state index in [2.05, 4.69) is 167 Å². The van der Waals surface area contributed by atoms with E-state index in [1.165, 1.54) is 25.7 Å². The number of rotatable bonds is 50. The van der Waals surface area contributed by atoms with Crippen LogP contribution in [0.25, 0.3) is 0 Å². The van der Waals surface area contributed by atoms with Gasteiger partial charge in [0.1, 0.15) is 13.2 Å². The standard InChI is InChI=1S/C66H104O6/c1-4-7-10-13-16-19-22-24-26-28-30-31-32-33-34-35-37-38-40-42-44-47-50-53-56-59-65(68)71-62-63(61-70-64(67)58-55-52-49-46-21-18-15-12-9-6-3)72-66(69)60-57-54-51-48-45-43-41-39-36-29-27-25-23-20-17-14-11-8-5-2/h7-8,10-12,15-17,19-20,24-27,30-31,33-34,36-39,43,45,63H,4-6,9,13-14,18,21-23,28-29,32,35,40-42,44,46-62H2,1-3H3/b10-7-,11-8-,15-12-,19-16-,20-17-,26-24-,27-25-,31-30-,34-33-,38-37-,39-36-,45-43-. The van der Waals surface area contributed by atoms with Crippen LogP contribution in [-0.4, -0.2) is 37.2 Å². The van der Waals surface area contributed by atoms with Crippen molar-refractivity contribution in [3.8, 4) is 0 Å². The Labute approximate surface area is 442 Å². The summed E-state index contributed by atoms with van der Waals surface area (Å²) in [6, 6.07) is 0. The van der Waals surface area contributed by atoms with E-state index in [9.17, 15) is 14.4 Å². The van der Waals surface area contributed by atoms with Crippen molar-refractivity contribution in [2.24, 2.45) is 0 Å². The van der Waals surface area contributed by atoms with Gasteiger partial charge in [-0.05, 0) is 135 Å². The number of unbranched alkanes of at least 4 members (excludes halogenated alkanes) is 15. The molecule has 0 aliphatic rings. The molecule has 0 N–H and O–H groups in total. The zero-order valence-electron chi connectivity index (χ0n) is 46.1. The van der Waals surface area contributed by atoms with Gasteiger partial charge in [-0.2, -0.15) is 0 Å². The third kappa shape index (κ3) is 56.2. The highest BCUT2D eigenvalue weighted by atomic mass is 16.6. The van der Waals surface area contributed by atoms with Crippen LogP contribution in [-0.2, 0) is 28.6 Å². The summed E-state index contributed by atoms with van der Waals surface area (Å²) in [7, 11) is 0. The van der Waals surface area contributed by atoms with Gasteiger partial charge >= 0.3 is 17.9 Å². The van der Waals surface area contributed by atoms with E-state index in [1.807, 2.05) is 0 Å². The molecule has 0 radical (unpaired) electrons. The van der Waals surface area contributed by atoms with E-state index in [0.29, 0.717) is 19.3 Å². The lowest BCUT2D eigenvalue weighted by Gasteiger charge is -2.18. The molecule has 1 unspecified atom stereocenters. The van der Waals surface area contributed by atoms with Crippen LogP contribution < -0.4 is 0 Å². The fourth-order valence-electron chi connectivity index (χ4n) is 7.30. The molecule has 0 bridgehead atoms. The molecule has 0 aliphatic heterocycles. The first-order valence-electron chi connectivity index (χ1n) is 28.8. The fourth-order valence-corrected chi connectivity index (χ4v) is 7.30. The van der Waals surface area contributed by atoms with Crippen LogP contribution in [0.4, 0.5) is 0 Å². The van der Waals surface area contributed by atoms with Crippen molar-refractivity contribution >= 4 is 17.9 Å². The number of ether oxygens (including phenoxy) is 3. The van der Waals surface area contributed by atoms with E-state index >= 15 is 0 Å². The van der Waals surface area contributed by atoms with Gasteiger partial charge in [-0.1, -0.05) is 224 Å². The molecular formula is C66H104O6. The topological polar surface area (TPSA) is 78.9 Å². The zero-order valence-corrected chi connectivity index (χ0v) is 46.1. The van der Waals surface area contributed by atoms with Crippen LogP contribution in [0.2, 0.25) is 0 Å². The van der Waals surface area contributed by atoms with Gasteiger partial charge in [-0.3, -0.25) is 14.4 Å². The highest BCUT2D eigenvalue weighted by Gasteiger charge is 2.19. The average Bonchev–Trinajstić information content (AvgIpc) is 3.38. The zero-order chi connectivity index (χ0) is 52.2. The molecular weight excluding hydrogens is 889 g/mol. The van der Waals surface area contributed by atoms with Gasteiger partial charge in [-0.15, -0.1) is 0 Å². The molecule has 6 nitrogen and oxygen atoms in total. The maximum atomic E-state index is 12.8. The second kappa shape index (κ2) is 58.9. The number of allylic oxidation sites excluding steroid dienone is 24. The van der Waals surface area contributed by atoms with Crippen molar-refractivity contribution < 1.29 is 28.6 Å². The largest absolute Gasteiger partial charge is 0.462 e. The van der Waals surface area contributed by atoms with Crippen LogP contribution in [0.1, 0.15) is 233 Å². The normalized spacial score (nSPS) is 13.2. The van der Waals surface area contributed by atoms with Crippen LogP contribution in [0.5, 0.6) is 0 Å². The van der Waals surface area contributed by atoms with E-state index in [4.69, 9.17) is 14.2 Å². The van der Waals surface area contributed by atoms with Crippen molar-refractivity contribution in [1.82, 2.24) is 0 Å². The molecule has 404 valence electrons. The molecule has 0 aromatic carbocycles. The predicted octanol–water partition coefficient (Wildman–Crippen LogP) is 19.6. The molecule has 1 atom stereocenters. The van der Waals surface area contributed by atoms with Gasteiger partial charge in [0.05, 0.1) is 0 Å². The molecule has 6 heteroatoms. The molecule has 0 amide bonds. The molecule has 0 aromatic heterocycles. The molecule has 0 aliphatic carbocycles. The first-order valence-corrected chi connectivity index (χ1v) is 28.8. The Hall–Kier alpha value is -4.71. The maximum absolute atomic E-state index is 12.8. The number of esters is 3. The number of hydrogen-bond acceptors (Lipinski definition) is 6. The van der Waals surface area contributed by atoms with Gasteiger partial charge in [0.2, 0.25) is 0 Å². The second-order valence-corrected chi connectivity index (χ2v) is 18.4. The third-order valence-electron chi connectivity index (χ3n) is 11.5. The smallest absolute Gasteiger partial charge is 0.306 e. The SMILES string of the molecule is CC/C=C\C/C=C\C/C=C\C/C=C\C/C=C\C/C=C\CCCCCCCCC(=O)OCC(COC(=O)CCCCCCC/C=C\CCC)OC(=O)CCCCC/C=C\C/C=C\C/C=C\C/C=C\C/C=C\CC. The molecule has 0 saturated heterocycles. The Morgan fingerprint density at radius 1 is 0.292 bits per heavy atom. The highest BCUT2D eigenvalue weighted by Crippen LogP contribution is 2.13. The van der Waals surface area contributed by atoms with Crippen LogP contribution >= 0.6 is 0 Å². The molecule has 0 saturated carbocycles.